The molecule has 0 N–H and O–H groups in total. The minimum atomic E-state index is -0.465. The molecule has 0 fully saturated rings. The van der Waals surface area contributed by atoms with Crippen LogP contribution in [0.3, 0.4) is 0 Å². The monoisotopic (exact) mass is 382 g/mol. The van der Waals surface area contributed by atoms with Gasteiger partial charge in [0.25, 0.3) is 5.69 Å². The molecule has 0 aliphatic rings. The Kier molecular flexibility index (Phi) is 6.04. The van der Waals surface area contributed by atoms with Crippen LogP contribution in [0.15, 0.2) is 78.0 Å². The maximum absolute atomic E-state index is 12.4. The van der Waals surface area contributed by atoms with Gasteiger partial charge in [0.1, 0.15) is 11.2 Å². The summed E-state index contributed by atoms with van der Waals surface area (Å²) in [6.45, 7) is 0. The van der Waals surface area contributed by atoms with Crippen molar-refractivity contribution in [3.05, 3.63) is 99.7 Å². The number of hydrogen-bond acceptors (Lipinski definition) is 6. The van der Waals surface area contributed by atoms with Crippen LogP contribution in [0.4, 0.5) is 5.69 Å². The van der Waals surface area contributed by atoms with Gasteiger partial charge in [-0.1, -0.05) is 65.4 Å². The third-order valence-corrected chi connectivity index (χ3v) is 5.75. The van der Waals surface area contributed by atoms with E-state index >= 15 is 0 Å². The predicted octanol–water partition coefficient (Wildman–Crippen LogP) is 5.16. The molecule has 2 aromatic carbocycles. The molecule has 7 heteroatoms. The number of ketones is 1. The lowest BCUT2D eigenvalue weighted by Gasteiger charge is -2.04. The van der Waals surface area contributed by atoms with Crippen molar-refractivity contribution >= 4 is 33.1 Å². The Morgan fingerprint density at radius 3 is 2.27 bits per heavy atom. The zero-order chi connectivity index (χ0) is 18.4. The first-order valence-electron chi connectivity index (χ1n) is 7.72. The fourth-order valence-corrected chi connectivity index (χ4v) is 4.17. The molecule has 0 radical (unpaired) electrons. The molecule has 0 aliphatic heterocycles. The Labute approximate surface area is 158 Å². The van der Waals surface area contributed by atoms with Gasteiger partial charge in [0.15, 0.2) is 5.78 Å². The van der Waals surface area contributed by atoms with Gasteiger partial charge in [-0.05, 0) is 22.4 Å². The standard InChI is InChI=1S/C19H14N2O3S2/c22-19(15-4-2-1-3-5-15)16-8-6-14(7-9-16)13-25-26-18-11-10-17(12-20-18)21(23)24/h1-12H,13H2. The van der Waals surface area contributed by atoms with E-state index in [0.29, 0.717) is 11.1 Å². The van der Waals surface area contributed by atoms with Crippen LogP contribution in [0, 0.1) is 10.1 Å². The van der Waals surface area contributed by atoms with Crippen LogP contribution in [0.25, 0.3) is 0 Å². The third-order valence-electron chi connectivity index (χ3n) is 3.55. The number of benzene rings is 2. The molecule has 1 heterocycles. The second-order valence-corrected chi connectivity index (χ2v) is 7.67. The highest BCUT2D eigenvalue weighted by molar-refractivity contribution is 8.76. The Bertz CT molecular complexity index is 898. The molecular weight excluding hydrogens is 368 g/mol. The summed E-state index contributed by atoms with van der Waals surface area (Å²) in [5.41, 5.74) is 2.41. The lowest BCUT2D eigenvalue weighted by molar-refractivity contribution is -0.385. The first-order valence-corrected chi connectivity index (χ1v) is 10.0. The van der Waals surface area contributed by atoms with Crippen molar-refractivity contribution in [2.45, 2.75) is 10.8 Å². The fourth-order valence-electron chi connectivity index (χ4n) is 2.20. The number of nitro groups is 1. The summed E-state index contributed by atoms with van der Waals surface area (Å²) in [7, 11) is 3.04. The van der Waals surface area contributed by atoms with Crippen molar-refractivity contribution in [3.8, 4) is 0 Å². The molecular formula is C19H14N2O3S2. The molecule has 3 aromatic rings. The first-order chi connectivity index (χ1) is 12.6. The van der Waals surface area contributed by atoms with Gasteiger partial charge >= 0.3 is 0 Å². The summed E-state index contributed by atoms with van der Waals surface area (Å²) < 4.78 is 0. The van der Waals surface area contributed by atoms with Crippen LogP contribution in [-0.4, -0.2) is 15.7 Å². The van der Waals surface area contributed by atoms with Crippen LogP contribution < -0.4 is 0 Å². The van der Waals surface area contributed by atoms with Gasteiger partial charge < -0.3 is 0 Å². The fraction of sp³-hybridized carbons (Fsp3) is 0.0526. The van der Waals surface area contributed by atoms with Crippen LogP contribution in [0.5, 0.6) is 0 Å². The quantitative estimate of drug-likeness (QED) is 0.243. The van der Waals surface area contributed by atoms with E-state index in [1.165, 1.54) is 23.1 Å². The molecule has 0 saturated carbocycles. The third kappa shape index (κ3) is 4.71. The lowest BCUT2D eigenvalue weighted by atomic mass is 10.0. The Morgan fingerprint density at radius 2 is 1.65 bits per heavy atom. The van der Waals surface area contributed by atoms with Gasteiger partial charge in [-0.15, -0.1) is 0 Å². The second kappa shape index (κ2) is 8.64. The molecule has 0 spiro atoms. The molecule has 0 aliphatic carbocycles. The molecule has 1 aromatic heterocycles. The van der Waals surface area contributed by atoms with Gasteiger partial charge in [-0.2, -0.15) is 0 Å². The number of carbonyl (C=O) groups is 1. The van der Waals surface area contributed by atoms with E-state index in [2.05, 4.69) is 4.98 Å². The average Bonchev–Trinajstić information content (AvgIpc) is 2.69. The molecule has 3 rings (SSSR count). The summed E-state index contributed by atoms with van der Waals surface area (Å²) in [6, 6.07) is 19.8. The Balaban J connectivity index is 1.54. The number of pyridine rings is 1. The van der Waals surface area contributed by atoms with Gasteiger partial charge in [0.05, 0.1) is 4.92 Å². The summed E-state index contributed by atoms with van der Waals surface area (Å²) in [6.07, 6.45) is 1.26. The zero-order valence-corrected chi connectivity index (χ0v) is 15.2. The van der Waals surface area contributed by atoms with E-state index in [1.54, 1.807) is 29.0 Å². The molecule has 0 saturated heterocycles. The minimum Gasteiger partial charge on any atom is -0.289 e. The SMILES string of the molecule is O=C(c1ccccc1)c1ccc(CSSc2ccc([N+](=O)[O-])cn2)cc1. The summed E-state index contributed by atoms with van der Waals surface area (Å²) in [5, 5.41) is 11.3. The lowest BCUT2D eigenvalue weighted by Crippen LogP contribution is -2.00. The van der Waals surface area contributed by atoms with E-state index < -0.39 is 4.92 Å². The van der Waals surface area contributed by atoms with Gasteiger partial charge in [-0.3, -0.25) is 14.9 Å². The zero-order valence-electron chi connectivity index (χ0n) is 13.6. The predicted molar refractivity (Wildman–Crippen MR) is 104 cm³/mol. The highest BCUT2D eigenvalue weighted by Gasteiger charge is 2.09. The molecule has 0 unspecified atom stereocenters. The highest BCUT2D eigenvalue weighted by atomic mass is 33.1. The molecule has 26 heavy (non-hydrogen) atoms. The number of carbonyl (C=O) groups excluding carboxylic acids is 1. The normalized spacial score (nSPS) is 10.5. The maximum atomic E-state index is 12.4. The van der Waals surface area contributed by atoms with Crippen molar-refractivity contribution < 1.29 is 9.72 Å². The summed E-state index contributed by atoms with van der Waals surface area (Å²) in [5.74, 6) is 0.748. The van der Waals surface area contributed by atoms with Crippen molar-refractivity contribution in [2.75, 3.05) is 0 Å². The van der Waals surface area contributed by atoms with Crippen LogP contribution in [-0.2, 0) is 5.75 Å². The number of rotatable bonds is 7. The van der Waals surface area contributed by atoms with Crippen molar-refractivity contribution in [1.82, 2.24) is 4.98 Å². The second-order valence-electron chi connectivity index (χ2n) is 5.35. The van der Waals surface area contributed by atoms with Gasteiger partial charge in [-0.25, -0.2) is 4.98 Å². The van der Waals surface area contributed by atoms with E-state index in [-0.39, 0.29) is 11.5 Å². The number of aromatic nitrogens is 1. The number of nitrogens with zero attached hydrogens (tertiary/aromatic N) is 2. The molecule has 0 atom stereocenters. The van der Waals surface area contributed by atoms with Gasteiger partial charge in [0.2, 0.25) is 0 Å². The largest absolute Gasteiger partial charge is 0.289 e. The van der Waals surface area contributed by atoms with E-state index in [4.69, 9.17) is 0 Å². The minimum absolute atomic E-state index is 0.00857. The summed E-state index contributed by atoms with van der Waals surface area (Å²) in [4.78, 5) is 26.6. The molecule has 5 nitrogen and oxygen atoms in total. The van der Waals surface area contributed by atoms with Crippen molar-refractivity contribution in [2.24, 2.45) is 0 Å². The summed E-state index contributed by atoms with van der Waals surface area (Å²) >= 11 is 0. The van der Waals surface area contributed by atoms with E-state index in [0.717, 1.165) is 16.3 Å². The van der Waals surface area contributed by atoms with Crippen molar-refractivity contribution in [1.29, 1.82) is 0 Å². The molecule has 0 amide bonds. The highest BCUT2D eigenvalue weighted by Crippen LogP contribution is 2.32. The van der Waals surface area contributed by atoms with Gasteiger partial charge in [0, 0.05) is 22.9 Å². The molecule has 0 bridgehead atoms. The number of hydrogen-bond donors (Lipinski definition) is 0. The van der Waals surface area contributed by atoms with E-state index in [9.17, 15) is 14.9 Å². The van der Waals surface area contributed by atoms with Crippen LogP contribution in [0.1, 0.15) is 21.5 Å². The topological polar surface area (TPSA) is 73.1 Å². The van der Waals surface area contributed by atoms with Crippen molar-refractivity contribution in [3.63, 3.8) is 0 Å². The van der Waals surface area contributed by atoms with Crippen LogP contribution in [0.2, 0.25) is 0 Å². The Morgan fingerprint density at radius 1 is 0.962 bits per heavy atom. The Hall–Kier alpha value is -2.64. The van der Waals surface area contributed by atoms with Crippen LogP contribution >= 0.6 is 21.6 Å². The maximum Gasteiger partial charge on any atom is 0.287 e. The smallest absolute Gasteiger partial charge is 0.287 e. The molecule has 130 valence electrons. The first kappa shape index (κ1) is 18.2. The van der Waals surface area contributed by atoms with E-state index in [1.807, 2.05) is 42.5 Å². The average molecular weight is 382 g/mol.